The first-order chi connectivity index (χ1) is 9.00. The summed E-state index contributed by atoms with van der Waals surface area (Å²) in [5.41, 5.74) is 0. The van der Waals surface area contributed by atoms with Crippen molar-refractivity contribution in [3.8, 4) is 0 Å². The van der Waals surface area contributed by atoms with Crippen LogP contribution in [0.4, 0.5) is 4.79 Å². The number of carboxylic acid groups (broad SMARTS) is 1. The van der Waals surface area contributed by atoms with Gasteiger partial charge in [-0.1, -0.05) is 6.92 Å². The maximum Gasteiger partial charge on any atom is 0.327 e. The van der Waals surface area contributed by atoms with Crippen LogP contribution in [-0.2, 0) is 4.79 Å². The SMILES string of the molecule is CC1CN(C(=O)N2CCSCC2C(=O)O)CCC1O. The van der Waals surface area contributed by atoms with Crippen LogP contribution in [0, 0.1) is 5.92 Å². The van der Waals surface area contributed by atoms with Gasteiger partial charge in [0.1, 0.15) is 6.04 Å². The number of aliphatic hydroxyl groups excluding tert-OH is 1. The fourth-order valence-corrected chi connectivity index (χ4v) is 3.56. The van der Waals surface area contributed by atoms with Gasteiger partial charge in [-0.15, -0.1) is 0 Å². The third kappa shape index (κ3) is 3.14. The van der Waals surface area contributed by atoms with E-state index < -0.39 is 12.0 Å². The zero-order valence-corrected chi connectivity index (χ0v) is 11.8. The van der Waals surface area contributed by atoms with Crippen molar-refractivity contribution in [2.24, 2.45) is 5.92 Å². The average molecular weight is 288 g/mol. The molecule has 2 amide bonds. The van der Waals surface area contributed by atoms with Crippen molar-refractivity contribution < 1.29 is 19.8 Å². The number of hydrogen-bond acceptors (Lipinski definition) is 4. The monoisotopic (exact) mass is 288 g/mol. The molecule has 0 aliphatic carbocycles. The second kappa shape index (κ2) is 6.00. The molecule has 3 unspecified atom stereocenters. The highest BCUT2D eigenvalue weighted by molar-refractivity contribution is 7.99. The van der Waals surface area contributed by atoms with E-state index in [2.05, 4.69) is 0 Å². The van der Waals surface area contributed by atoms with E-state index in [1.807, 2.05) is 6.92 Å². The Labute approximate surface area is 116 Å². The third-order valence-electron chi connectivity index (χ3n) is 3.79. The number of aliphatic carboxylic acids is 1. The van der Waals surface area contributed by atoms with Gasteiger partial charge in [0.05, 0.1) is 6.10 Å². The van der Waals surface area contributed by atoms with Crippen LogP contribution < -0.4 is 0 Å². The average Bonchev–Trinajstić information content (AvgIpc) is 2.41. The maximum atomic E-state index is 12.4. The van der Waals surface area contributed by atoms with Crippen molar-refractivity contribution in [2.75, 3.05) is 31.1 Å². The van der Waals surface area contributed by atoms with E-state index >= 15 is 0 Å². The summed E-state index contributed by atoms with van der Waals surface area (Å²) in [6.07, 6.45) is 0.198. The number of aliphatic hydroxyl groups is 1. The molecule has 2 aliphatic heterocycles. The van der Waals surface area contributed by atoms with Crippen LogP contribution in [-0.4, -0.2) is 75.3 Å². The molecule has 108 valence electrons. The van der Waals surface area contributed by atoms with E-state index in [9.17, 15) is 19.8 Å². The number of rotatable bonds is 1. The minimum absolute atomic E-state index is 0.0418. The normalized spacial score (nSPS) is 32.2. The van der Waals surface area contributed by atoms with Crippen LogP contribution in [0.2, 0.25) is 0 Å². The van der Waals surface area contributed by atoms with Crippen molar-refractivity contribution in [2.45, 2.75) is 25.5 Å². The van der Waals surface area contributed by atoms with Crippen molar-refractivity contribution >= 4 is 23.8 Å². The lowest BCUT2D eigenvalue weighted by molar-refractivity contribution is -0.141. The first-order valence-electron chi connectivity index (χ1n) is 6.55. The third-order valence-corrected chi connectivity index (χ3v) is 4.81. The Morgan fingerprint density at radius 1 is 1.32 bits per heavy atom. The van der Waals surface area contributed by atoms with Gasteiger partial charge in [0.15, 0.2) is 0 Å². The predicted octanol–water partition coefficient (Wildman–Crippen LogP) is 0.311. The van der Waals surface area contributed by atoms with Crippen molar-refractivity contribution in [3.63, 3.8) is 0 Å². The van der Waals surface area contributed by atoms with Crippen LogP contribution in [0.3, 0.4) is 0 Å². The largest absolute Gasteiger partial charge is 0.480 e. The number of carbonyl (C=O) groups excluding carboxylic acids is 1. The van der Waals surface area contributed by atoms with E-state index in [1.54, 1.807) is 16.7 Å². The molecule has 0 bridgehead atoms. The fourth-order valence-electron chi connectivity index (χ4n) is 2.53. The Kier molecular flexibility index (Phi) is 4.57. The topological polar surface area (TPSA) is 81.1 Å². The van der Waals surface area contributed by atoms with Crippen molar-refractivity contribution in [1.82, 2.24) is 9.80 Å². The highest BCUT2D eigenvalue weighted by Gasteiger charge is 2.36. The molecular formula is C12H20N2O4S. The van der Waals surface area contributed by atoms with E-state index in [0.717, 1.165) is 5.75 Å². The zero-order valence-electron chi connectivity index (χ0n) is 11.0. The number of piperidine rings is 1. The summed E-state index contributed by atoms with van der Waals surface area (Å²) in [5, 5.41) is 18.9. The predicted molar refractivity (Wildman–Crippen MR) is 72.2 cm³/mol. The summed E-state index contributed by atoms with van der Waals surface area (Å²) < 4.78 is 0. The molecule has 0 spiro atoms. The fraction of sp³-hybridized carbons (Fsp3) is 0.833. The Morgan fingerprint density at radius 2 is 2.05 bits per heavy atom. The van der Waals surface area contributed by atoms with Gasteiger partial charge in [0.2, 0.25) is 0 Å². The first kappa shape index (κ1) is 14.5. The molecule has 0 radical (unpaired) electrons. The van der Waals surface area contributed by atoms with Gasteiger partial charge in [-0.3, -0.25) is 0 Å². The van der Waals surface area contributed by atoms with E-state index in [0.29, 0.717) is 31.8 Å². The van der Waals surface area contributed by atoms with Gasteiger partial charge >= 0.3 is 12.0 Å². The van der Waals surface area contributed by atoms with Gasteiger partial charge in [0.25, 0.3) is 0 Å². The number of hydrogen-bond donors (Lipinski definition) is 2. The molecule has 2 N–H and O–H groups in total. The zero-order chi connectivity index (χ0) is 14.0. The molecule has 0 saturated carbocycles. The lowest BCUT2D eigenvalue weighted by atomic mass is 9.97. The molecule has 2 heterocycles. The van der Waals surface area contributed by atoms with Crippen LogP contribution >= 0.6 is 11.8 Å². The molecule has 7 heteroatoms. The van der Waals surface area contributed by atoms with E-state index in [4.69, 9.17) is 0 Å². The number of carbonyl (C=O) groups is 2. The van der Waals surface area contributed by atoms with Crippen LogP contribution in [0.1, 0.15) is 13.3 Å². The molecule has 2 aliphatic rings. The Bertz CT molecular complexity index is 366. The number of urea groups is 1. The van der Waals surface area contributed by atoms with Gasteiger partial charge in [0, 0.05) is 31.1 Å². The first-order valence-corrected chi connectivity index (χ1v) is 7.70. The molecule has 3 atom stereocenters. The molecular weight excluding hydrogens is 268 g/mol. The van der Waals surface area contributed by atoms with Crippen LogP contribution in [0.25, 0.3) is 0 Å². The Hall–Kier alpha value is -0.950. The van der Waals surface area contributed by atoms with E-state index in [1.165, 1.54) is 4.90 Å². The van der Waals surface area contributed by atoms with Crippen LogP contribution in [0.5, 0.6) is 0 Å². The quantitative estimate of drug-likeness (QED) is 0.726. The second-order valence-electron chi connectivity index (χ2n) is 5.18. The summed E-state index contributed by atoms with van der Waals surface area (Å²) in [6.45, 7) is 3.38. The van der Waals surface area contributed by atoms with Gasteiger partial charge in [-0.25, -0.2) is 9.59 Å². The number of amides is 2. The molecule has 0 aromatic rings. The smallest absolute Gasteiger partial charge is 0.327 e. The Balaban J connectivity index is 2.03. The standard InChI is InChI=1S/C12H20N2O4S/c1-8-6-13(3-2-10(8)15)12(18)14-4-5-19-7-9(14)11(16)17/h8-10,15H,2-7H2,1H3,(H,16,17). The molecule has 2 rings (SSSR count). The number of nitrogens with zero attached hydrogens (tertiary/aromatic N) is 2. The number of carboxylic acids is 1. The van der Waals surface area contributed by atoms with Gasteiger partial charge in [-0.2, -0.15) is 11.8 Å². The summed E-state index contributed by atoms with van der Waals surface area (Å²) in [5.74, 6) is 0.333. The second-order valence-corrected chi connectivity index (χ2v) is 6.33. The van der Waals surface area contributed by atoms with Gasteiger partial charge < -0.3 is 20.0 Å². The maximum absolute atomic E-state index is 12.4. The van der Waals surface area contributed by atoms with Gasteiger partial charge in [-0.05, 0) is 12.3 Å². The molecule has 2 fully saturated rings. The lowest BCUT2D eigenvalue weighted by Gasteiger charge is -2.40. The summed E-state index contributed by atoms with van der Waals surface area (Å²) >= 11 is 1.57. The summed E-state index contributed by atoms with van der Waals surface area (Å²) in [7, 11) is 0. The molecule has 19 heavy (non-hydrogen) atoms. The Morgan fingerprint density at radius 3 is 2.68 bits per heavy atom. The molecule has 6 nitrogen and oxygen atoms in total. The minimum atomic E-state index is -0.939. The highest BCUT2D eigenvalue weighted by Crippen LogP contribution is 2.22. The lowest BCUT2D eigenvalue weighted by Crippen LogP contribution is -2.57. The number of likely N-dealkylation sites (tertiary alicyclic amines) is 1. The molecule has 2 saturated heterocycles. The van der Waals surface area contributed by atoms with Crippen LogP contribution in [0.15, 0.2) is 0 Å². The van der Waals surface area contributed by atoms with Crippen molar-refractivity contribution in [3.05, 3.63) is 0 Å². The minimum Gasteiger partial charge on any atom is -0.480 e. The summed E-state index contributed by atoms with van der Waals surface area (Å²) in [4.78, 5) is 26.8. The molecule has 0 aromatic heterocycles. The van der Waals surface area contributed by atoms with E-state index in [-0.39, 0.29) is 18.1 Å². The highest BCUT2D eigenvalue weighted by atomic mass is 32.2. The van der Waals surface area contributed by atoms with Crippen molar-refractivity contribution in [1.29, 1.82) is 0 Å². The summed E-state index contributed by atoms with van der Waals surface area (Å²) in [6, 6.07) is -0.931. The number of thioether (sulfide) groups is 1. The molecule has 0 aromatic carbocycles.